The van der Waals surface area contributed by atoms with Crippen LogP contribution in [0.1, 0.15) is 17.3 Å². The lowest BCUT2D eigenvalue weighted by Gasteiger charge is -2.12. The van der Waals surface area contributed by atoms with Gasteiger partial charge in [-0.3, -0.25) is 0 Å². The Balaban J connectivity index is 3.06. The monoisotopic (exact) mass is 351 g/mol. The maximum absolute atomic E-state index is 12.0. The third-order valence-corrected chi connectivity index (χ3v) is 4.82. The Kier molecular flexibility index (Phi) is 5.48. The molecule has 0 saturated carbocycles. The van der Waals surface area contributed by atoms with Crippen LogP contribution in [0.5, 0.6) is 0 Å². The minimum atomic E-state index is -3.82. The third kappa shape index (κ3) is 4.27. The number of carbonyl (C=O) groups is 1. The smallest absolute Gasteiger partial charge is 0.335 e. The molecule has 1 atom stereocenters. The first kappa shape index (κ1) is 16.1. The highest BCUT2D eigenvalue weighted by atomic mass is 79.9. The van der Waals surface area contributed by atoms with Gasteiger partial charge in [0.15, 0.2) is 0 Å². The summed E-state index contributed by atoms with van der Waals surface area (Å²) in [6, 6.07) is 3.76. The number of rotatable bonds is 6. The molecule has 0 radical (unpaired) electrons. The van der Waals surface area contributed by atoms with Crippen LogP contribution < -0.4 is 4.72 Å². The van der Waals surface area contributed by atoms with Crippen molar-refractivity contribution >= 4 is 31.9 Å². The molecule has 8 heteroatoms. The second-order valence-corrected chi connectivity index (χ2v) is 6.68. The van der Waals surface area contributed by atoms with Crippen molar-refractivity contribution in [3.8, 4) is 0 Å². The van der Waals surface area contributed by atoms with Gasteiger partial charge in [-0.2, -0.15) is 0 Å². The molecule has 1 aromatic carbocycles. The highest BCUT2D eigenvalue weighted by molar-refractivity contribution is 9.10. The number of sulfonamides is 1. The molecule has 19 heavy (non-hydrogen) atoms. The van der Waals surface area contributed by atoms with Crippen molar-refractivity contribution in [2.24, 2.45) is 5.92 Å². The molecule has 0 spiro atoms. The van der Waals surface area contributed by atoms with Crippen molar-refractivity contribution < 1.29 is 23.4 Å². The van der Waals surface area contributed by atoms with Crippen LogP contribution in [0.2, 0.25) is 0 Å². The first-order valence-corrected chi connectivity index (χ1v) is 7.69. The van der Waals surface area contributed by atoms with Gasteiger partial charge in [-0.05, 0) is 40.0 Å². The minimum absolute atomic E-state index is 0.0720. The van der Waals surface area contributed by atoms with Crippen LogP contribution in [0.4, 0.5) is 0 Å². The number of aromatic carboxylic acids is 1. The molecule has 0 aromatic heterocycles. The Morgan fingerprint density at radius 3 is 2.63 bits per heavy atom. The van der Waals surface area contributed by atoms with E-state index in [1.807, 2.05) is 0 Å². The molecule has 1 rings (SSSR count). The number of carboxylic acid groups (broad SMARTS) is 1. The van der Waals surface area contributed by atoms with E-state index in [9.17, 15) is 13.2 Å². The van der Waals surface area contributed by atoms with Gasteiger partial charge in [0.1, 0.15) is 0 Å². The van der Waals surface area contributed by atoms with Gasteiger partial charge in [-0.25, -0.2) is 17.9 Å². The van der Waals surface area contributed by atoms with Crippen LogP contribution >= 0.6 is 15.9 Å². The van der Waals surface area contributed by atoms with Crippen LogP contribution in [-0.4, -0.2) is 37.8 Å². The standard InChI is InChI=1S/C11H14BrNO5S/c1-7(6-14)5-13-19(17,18)10-4-8(11(15)16)2-3-9(10)12/h2-4,7,13-14H,5-6H2,1H3,(H,15,16). The van der Waals surface area contributed by atoms with E-state index in [2.05, 4.69) is 20.7 Å². The van der Waals surface area contributed by atoms with Crippen molar-refractivity contribution in [3.05, 3.63) is 28.2 Å². The molecule has 6 nitrogen and oxygen atoms in total. The number of hydrogen-bond acceptors (Lipinski definition) is 4. The van der Waals surface area contributed by atoms with Crippen LogP contribution in [0.25, 0.3) is 0 Å². The average Bonchev–Trinajstić information content (AvgIpc) is 2.36. The van der Waals surface area contributed by atoms with Crippen molar-refractivity contribution in [2.75, 3.05) is 13.2 Å². The lowest BCUT2D eigenvalue weighted by atomic mass is 10.2. The summed E-state index contributed by atoms with van der Waals surface area (Å²) < 4.78 is 26.7. The summed E-state index contributed by atoms with van der Waals surface area (Å²) >= 11 is 3.08. The fraction of sp³-hybridized carbons (Fsp3) is 0.364. The summed E-state index contributed by atoms with van der Waals surface area (Å²) in [5.41, 5.74) is -0.112. The SMILES string of the molecule is CC(CO)CNS(=O)(=O)c1cc(C(=O)O)ccc1Br. The molecule has 0 amide bonds. The first-order chi connectivity index (χ1) is 8.77. The number of aliphatic hydroxyl groups is 1. The van der Waals surface area contributed by atoms with Crippen LogP contribution in [0.15, 0.2) is 27.6 Å². The van der Waals surface area contributed by atoms with E-state index in [-0.39, 0.29) is 34.0 Å². The molecule has 3 N–H and O–H groups in total. The predicted octanol–water partition coefficient (Wildman–Crippen LogP) is 1.05. The summed E-state index contributed by atoms with van der Waals surface area (Å²) in [7, 11) is -3.82. The quantitative estimate of drug-likeness (QED) is 0.710. The van der Waals surface area contributed by atoms with Crippen molar-refractivity contribution in [2.45, 2.75) is 11.8 Å². The molecule has 0 aliphatic heterocycles. The molecule has 0 fully saturated rings. The fourth-order valence-electron chi connectivity index (χ4n) is 1.24. The first-order valence-electron chi connectivity index (χ1n) is 5.41. The van der Waals surface area contributed by atoms with E-state index < -0.39 is 16.0 Å². The van der Waals surface area contributed by atoms with Crippen molar-refractivity contribution in [1.82, 2.24) is 4.72 Å². The second-order valence-electron chi connectivity index (χ2n) is 4.09. The van der Waals surface area contributed by atoms with Gasteiger partial charge in [0.25, 0.3) is 0 Å². The number of benzene rings is 1. The molecule has 1 unspecified atom stereocenters. The summed E-state index contributed by atoms with van der Waals surface area (Å²) in [5, 5.41) is 17.7. The third-order valence-electron chi connectivity index (χ3n) is 2.40. The Morgan fingerprint density at radius 1 is 1.47 bits per heavy atom. The zero-order valence-electron chi connectivity index (χ0n) is 10.1. The van der Waals surface area contributed by atoms with Gasteiger partial charge < -0.3 is 10.2 Å². The minimum Gasteiger partial charge on any atom is -0.478 e. The van der Waals surface area contributed by atoms with Crippen molar-refractivity contribution in [3.63, 3.8) is 0 Å². The van der Waals surface area contributed by atoms with Gasteiger partial charge in [0.05, 0.1) is 10.5 Å². The normalized spacial score (nSPS) is 13.2. The van der Waals surface area contributed by atoms with E-state index in [1.165, 1.54) is 12.1 Å². The summed E-state index contributed by atoms with van der Waals surface area (Å²) in [6.07, 6.45) is 0. The van der Waals surface area contributed by atoms with E-state index in [1.54, 1.807) is 6.92 Å². The molecule has 0 bridgehead atoms. The largest absolute Gasteiger partial charge is 0.478 e. The summed E-state index contributed by atoms with van der Waals surface area (Å²) in [5.74, 6) is -1.43. The van der Waals surface area contributed by atoms with Crippen LogP contribution in [-0.2, 0) is 10.0 Å². The van der Waals surface area contributed by atoms with E-state index >= 15 is 0 Å². The number of halogens is 1. The molecular weight excluding hydrogens is 338 g/mol. The zero-order chi connectivity index (χ0) is 14.6. The number of nitrogens with one attached hydrogen (secondary N) is 1. The number of carboxylic acids is 1. The van der Waals surface area contributed by atoms with Gasteiger partial charge >= 0.3 is 5.97 Å². The molecule has 0 saturated heterocycles. The maximum Gasteiger partial charge on any atom is 0.335 e. The highest BCUT2D eigenvalue weighted by Crippen LogP contribution is 2.23. The molecule has 0 heterocycles. The number of aliphatic hydroxyl groups excluding tert-OH is 1. The summed E-state index contributed by atoms with van der Waals surface area (Å²) in [4.78, 5) is 10.7. The van der Waals surface area contributed by atoms with Gasteiger partial charge in [-0.1, -0.05) is 6.92 Å². The Hall–Kier alpha value is -0.960. The number of hydrogen-bond donors (Lipinski definition) is 3. The van der Waals surface area contributed by atoms with Gasteiger partial charge in [0, 0.05) is 17.6 Å². The fourth-order valence-corrected chi connectivity index (χ4v) is 3.39. The van der Waals surface area contributed by atoms with Crippen molar-refractivity contribution in [1.29, 1.82) is 0 Å². The molecule has 1 aromatic rings. The molecule has 0 aliphatic carbocycles. The van der Waals surface area contributed by atoms with E-state index in [0.29, 0.717) is 0 Å². The van der Waals surface area contributed by atoms with Gasteiger partial charge in [0.2, 0.25) is 10.0 Å². The average molecular weight is 352 g/mol. The highest BCUT2D eigenvalue weighted by Gasteiger charge is 2.20. The molecule has 106 valence electrons. The Labute approximate surface area is 119 Å². The lowest BCUT2D eigenvalue weighted by molar-refractivity contribution is 0.0696. The topological polar surface area (TPSA) is 104 Å². The summed E-state index contributed by atoms with van der Waals surface area (Å²) in [6.45, 7) is 1.62. The van der Waals surface area contributed by atoms with Gasteiger partial charge in [-0.15, -0.1) is 0 Å². The van der Waals surface area contributed by atoms with E-state index in [4.69, 9.17) is 10.2 Å². The maximum atomic E-state index is 12.0. The molecular formula is C11H14BrNO5S. The zero-order valence-corrected chi connectivity index (χ0v) is 12.5. The van der Waals surface area contributed by atoms with Crippen LogP contribution in [0, 0.1) is 5.92 Å². The predicted molar refractivity (Wildman–Crippen MR) is 72.5 cm³/mol. The van der Waals surface area contributed by atoms with Crippen LogP contribution in [0.3, 0.4) is 0 Å². The van der Waals surface area contributed by atoms with E-state index in [0.717, 1.165) is 6.07 Å². The lowest BCUT2D eigenvalue weighted by Crippen LogP contribution is -2.30. The second kappa shape index (κ2) is 6.47. The Bertz CT molecular complexity index is 572. The Morgan fingerprint density at radius 2 is 2.11 bits per heavy atom. The molecule has 0 aliphatic rings.